The SMILES string of the molecule is CC(C)(C)CCOC(=O)CC1(CS)CC1. The number of rotatable bonds is 5. The highest BCUT2D eigenvalue weighted by Crippen LogP contribution is 2.49. The Morgan fingerprint density at radius 2 is 2.00 bits per heavy atom. The summed E-state index contributed by atoms with van der Waals surface area (Å²) < 4.78 is 5.22. The number of thiol groups is 1. The van der Waals surface area contributed by atoms with Gasteiger partial charge < -0.3 is 4.74 Å². The number of ether oxygens (including phenoxy) is 1. The standard InChI is InChI=1S/C12H22O2S/c1-11(2,3)6-7-14-10(13)8-12(9-15)4-5-12/h15H,4-9H2,1-3H3. The second-order valence-electron chi connectivity index (χ2n) is 5.87. The fraction of sp³-hybridized carbons (Fsp3) is 0.917. The van der Waals surface area contributed by atoms with E-state index in [0.29, 0.717) is 13.0 Å². The molecular weight excluding hydrogens is 208 g/mol. The molecule has 1 aliphatic rings. The molecule has 0 N–H and O–H groups in total. The molecule has 0 heterocycles. The van der Waals surface area contributed by atoms with E-state index in [4.69, 9.17) is 4.74 Å². The summed E-state index contributed by atoms with van der Waals surface area (Å²) >= 11 is 4.27. The first-order chi connectivity index (χ1) is 6.87. The van der Waals surface area contributed by atoms with Crippen molar-refractivity contribution < 1.29 is 9.53 Å². The molecule has 0 bridgehead atoms. The summed E-state index contributed by atoms with van der Waals surface area (Å²) in [6.45, 7) is 7.00. The zero-order valence-corrected chi connectivity index (χ0v) is 10.9. The Kier molecular flexibility index (Phi) is 4.10. The van der Waals surface area contributed by atoms with Gasteiger partial charge in [0, 0.05) is 0 Å². The molecule has 0 aromatic heterocycles. The van der Waals surface area contributed by atoms with Crippen LogP contribution >= 0.6 is 12.6 Å². The quantitative estimate of drug-likeness (QED) is 0.580. The van der Waals surface area contributed by atoms with Crippen LogP contribution in [0.3, 0.4) is 0 Å². The number of hydrogen-bond donors (Lipinski definition) is 1. The molecule has 0 spiro atoms. The fourth-order valence-electron chi connectivity index (χ4n) is 1.40. The van der Waals surface area contributed by atoms with Gasteiger partial charge in [-0.1, -0.05) is 20.8 Å². The normalized spacial score (nSPS) is 18.7. The monoisotopic (exact) mass is 230 g/mol. The minimum Gasteiger partial charge on any atom is -0.466 e. The Bertz CT molecular complexity index is 226. The second kappa shape index (κ2) is 4.77. The Hall–Kier alpha value is -0.180. The van der Waals surface area contributed by atoms with Gasteiger partial charge in [0.25, 0.3) is 0 Å². The van der Waals surface area contributed by atoms with Crippen molar-refractivity contribution in [3.63, 3.8) is 0 Å². The highest BCUT2D eigenvalue weighted by Gasteiger charge is 2.43. The van der Waals surface area contributed by atoms with Gasteiger partial charge in [-0.3, -0.25) is 4.79 Å². The smallest absolute Gasteiger partial charge is 0.306 e. The van der Waals surface area contributed by atoms with Gasteiger partial charge in [0.1, 0.15) is 0 Å². The average molecular weight is 230 g/mol. The van der Waals surface area contributed by atoms with Crippen molar-refractivity contribution in [3.8, 4) is 0 Å². The first kappa shape index (κ1) is 12.9. The largest absolute Gasteiger partial charge is 0.466 e. The van der Waals surface area contributed by atoms with Crippen molar-refractivity contribution in [1.29, 1.82) is 0 Å². The molecule has 0 aromatic rings. The molecule has 1 rings (SSSR count). The van der Waals surface area contributed by atoms with E-state index in [-0.39, 0.29) is 16.8 Å². The van der Waals surface area contributed by atoms with Crippen LogP contribution in [0.15, 0.2) is 0 Å². The molecule has 3 heteroatoms. The van der Waals surface area contributed by atoms with Crippen LogP contribution in [0.5, 0.6) is 0 Å². The molecule has 0 radical (unpaired) electrons. The van der Waals surface area contributed by atoms with E-state index in [9.17, 15) is 4.79 Å². The third-order valence-corrected chi connectivity index (χ3v) is 3.60. The topological polar surface area (TPSA) is 26.3 Å². The zero-order valence-electron chi connectivity index (χ0n) is 10.0. The third-order valence-electron chi connectivity index (χ3n) is 2.93. The van der Waals surface area contributed by atoms with Crippen LogP contribution in [-0.4, -0.2) is 18.3 Å². The molecule has 15 heavy (non-hydrogen) atoms. The van der Waals surface area contributed by atoms with Gasteiger partial charge in [0.2, 0.25) is 0 Å². The fourth-order valence-corrected chi connectivity index (χ4v) is 1.82. The van der Waals surface area contributed by atoms with E-state index in [1.54, 1.807) is 0 Å². The molecule has 0 aliphatic heterocycles. The Labute approximate surface area is 98.2 Å². The van der Waals surface area contributed by atoms with Gasteiger partial charge in [-0.25, -0.2) is 0 Å². The number of hydrogen-bond acceptors (Lipinski definition) is 3. The predicted octanol–water partition coefficient (Wildman–Crippen LogP) is 3.07. The lowest BCUT2D eigenvalue weighted by Crippen LogP contribution is -2.17. The van der Waals surface area contributed by atoms with Crippen molar-refractivity contribution in [2.45, 2.75) is 46.5 Å². The molecular formula is C12H22O2S. The maximum absolute atomic E-state index is 11.5. The number of carbonyl (C=O) groups is 1. The van der Waals surface area contributed by atoms with Gasteiger partial charge >= 0.3 is 5.97 Å². The summed E-state index contributed by atoms with van der Waals surface area (Å²) in [7, 11) is 0. The van der Waals surface area contributed by atoms with Crippen molar-refractivity contribution in [2.75, 3.05) is 12.4 Å². The van der Waals surface area contributed by atoms with Crippen LogP contribution in [0.25, 0.3) is 0 Å². The molecule has 0 atom stereocenters. The molecule has 1 aliphatic carbocycles. The molecule has 0 unspecified atom stereocenters. The maximum Gasteiger partial charge on any atom is 0.306 e. The van der Waals surface area contributed by atoms with Gasteiger partial charge in [-0.15, -0.1) is 0 Å². The van der Waals surface area contributed by atoms with Crippen LogP contribution in [0, 0.1) is 10.8 Å². The molecule has 2 nitrogen and oxygen atoms in total. The maximum atomic E-state index is 11.5. The van der Waals surface area contributed by atoms with Crippen molar-refractivity contribution >= 4 is 18.6 Å². The Morgan fingerprint density at radius 3 is 2.40 bits per heavy atom. The van der Waals surface area contributed by atoms with Crippen LogP contribution in [-0.2, 0) is 9.53 Å². The molecule has 0 aromatic carbocycles. The van der Waals surface area contributed by atoms with Crippen molar-refractivity contribution in [2.24, 2.45) is 10.8 Å². The van der Waals surface area contributed by atoms with Gasteiger partial charge in [0.05, 0.1) is 13.0 Å². The van der Waals surface area contributed by atoms with Crippen LogP contribution in [0.1, 0.15) is 46.5 Å². The summed E-state index contributed by atoms with van der Waals surface area (Å²) in [4.78, 5) is 11.5. The minimum atomic E-state index is -0.0502. The van der Waals surface area contributed by atoms with Crippen LogP contribution in [0.4, 0.5) is 0 Å². The molecule has 1 fully saturated rings. The van der Waals surface area contributed by atoms with E-state index < -0.39 is 0 Å². The Balaban J connectivity index is 2.14. The first-order valence-corrected chi connectivity index (χ1v) is 6.27. The summed E-state index contributed by atoms with van der Waals surface area (Å²) in [5, 5.41) is 0. The lowest BCUT2D eigenvalue weighted by molar-refractivity contribution is -0.145. The second-order valence-corrected chi connectivity index (χ2v) is 6.18. The van der Waals surface area contributed by atoms with E-state index in [0.717, 1.165) is 25.0 Å². The van der Waals surface area contributed by atoms with Gasteiger partial charge in [-0.2, -0.15) is 12.6 Å². The lowest BCUT2D eigenvalue weighted by Gasteiger charge is -2.18. The Morgan fingerprint density at radius 1 is 1.40 bits per heavy atom. The van der Waals surface area contributed by atoms with Crippen LogP contribution in [0.2, 0.25) is 0 Å². The number of carbonyl (C=O) groups excluding carboxylic acids is 1. The summed E-state index contributed by atoms with van der Waals surface area (Å²) in [6, 6.07) is 0. The number of esters is 1. The highest BCUT2D eigenvalue weighted by molar-refractivity contribution is 7.80. The van der Waals surface area contributed by atoms with Gasteiger partial charge in [-0.05, 0) is 35.8 Å². The summed E-state index contributed by atoms with van der Waals surface area (Å²) in [6.07, 6.45) is 3.74. The molecule has 0 saturated heterocycles. The predicted molar refractivity (Wildman–Crippen MR) is 65.2 cm³/mol. The lowest BCUT2D eigenvalue weighted by atomic mass is 9.93. The van der Waals surface area contributed by atoms with E-state index >= 15 is 0 Å². The van der Waals surface area contributed by atoms with Crippen molar-refractivity contribution in [3.05, 3.63) is 0 Å². The zero-order chi connectivity index (χ0) is 11.5. The first-order valence-electron chi connectivity index (χ1n) is 5.63. The molecule has 88 valence electrons. The van der Waals surface area contributed by atoms with Crippen molar-refractivity contribution in [1.82, 2.24) is 0 Å². The molecule has 1 saturated carbocycles. The minimum absolute atomic E-state index is 0.0502. The van der Waals surface area contributed by atoms with E-state index in [1.807, 2.05) is 0 Å². The average Bonchev–Trinajstić information content (AvgIpc) is 2.83. The van der Waals surface area contributed by atoms with E-state index in [2.05, 4.69) is 33.4 Å². The summed E-state index contributed by atoms with van der Waals surface area (Å²) in [5.74, 6) is 0.757. The van der Waals surface area contributed by atoms with E-state index in [1.165, 1.54) is 0 Å². The van der Waals surface area contributed by atoms with Crippen LogP contribution < -0.4 is 0 Å². The third kappa shape index (κ3) is 4.92. The highest BCUT2D eigenvalue weighted by atomic mass is 32.1. The molecule has 0 amide bonds. The van der Waals surface area contributed by atoms with Gasteiger partial charge in [0.15, 0.2) is 0 Å². The summed E-state index contributed by atoms with van der Waals surface area (Å²) in [5.41, 5.74) is 0.420.